The molecule has 9 heteroatoms. The van der Waals surface area contributed by atoms with Crippen LogP contribution in [0.3, 0.4) is 0 Å². The van der Waals surface area contributed by atoms with E-state index in [-0.39, 0.29) is 12.0 Å². The molecule has 0 aromatic heterocycles. The summed E-state index contributed by atoms with van der Waals surface area (Å²) in [4.78, 5) is 10.8. The Morgan fingerprint density at radius 1 is 1.00 bits per heavy atom. The summed E-state index contributed by atoms with van der Waals surface area (Å²) in [7, 11) is -3.44. The van der Waals surface area contributed by atoms with Crippen molar-refractivity contribution < 1.29 is 23.4 Å². The van der Waals surface area contributed by atoms with E-state index in [4.69, 9.17) is 15.0 Å². The van der Waals surface area contributed by atoms with Crippen LogP contribution in [-0.4, -0.2) is 72.8 Å². The predicted molar refractivity (Wildman–Crippen MR) is 128 cm³/mol. The first-order valence-electron chi connectivity index (χ1n) is 11.0. The Kier molecular flexibility index (Phi) is 8.62. The minimum atomic E-state index is -3.44. The fourth-order valence-electron chi connectivity index (χ4n) is 4.13. The van der Waals surface area contributed by atoms with Crippen LogP contribution in [0.5, 0.6) is 0 Å². The summed E-state index contributed by atoms with van der Waals surface area (Å²) in [5.74, 6) is 0.604. The monoisotopic (exact) mass is 473 g/mol. The average molecular weight is 474 g/mol. The number of rotatable bonds is 7. The van der Waals surface area contributed by atoms with Gasteiger partial charge in [-0.25, -0.2) is 4.79 Å². The number of carboxylic acid groups (broad SMARTS) is 2. The first-order chi connectivity index (χ1) is 15.8. The Morgan fingerprint density at radius 3 is 2.12 bits per heavy atom. The van der Waals surface area contributed by atoms with E-state index in [1.165, 1.54) is 11.1 Å². The highest BCUT2D eigenvalue weighted by molar-refractivity contribution is 7.87. The Bertz CT molecular complexity index is 1020. The summed E-state index contributed by atoms with van der Waals surface area (Å²) in [6.45, 7) is 5.52. The topological polar surface area (TPSA) is 110 Å². The third kappa shape index (κ3) is 7.40. The van der Waals surface area contributed by atoms with E-state index in [1.54, 1.807) is 4.31 Å². The molecular formula is C24H31N3O5S. The Morgan fingerprint density at radius 2 is 1.55 bits per heavy atom. The molecule has 0 radical (unpaired) electrons. The van der Waals surface area contributed by atoms with Gasteiger partial charge in [-0.05, 0) is 17.0 Å². The van der Waals surface area contributed by atoms with Crippen LogP contribution in [0.4, 0.5) is 4.79 Å². The van der Waals surface area contributed by atoms with Gasteiger partial charge < -0.3 is 10.2 Å². The maximum absolute atomic E-state index is 12.8. The molecule has 3 N–H and O–H groups in total. The van der Waals surface area contributed by atoms with Crippen molar-refractivity contribution in [2.24, 2.45) is 5.92 Å². The van der Waals surface area contributed by atoms with Crippen LogP contribution in [-0.2, 0) is 10.2 Å². The van der Waals surface area contributed by atoms with Crippen molar-refractivity contribution in [3.63, 3.8) is 0 Å². The Hall–Kier alpha value is -2.72. The molecule has 4 rings (SSSR count). The molecule has 1 saturated carbocycles. The van der Waals surface area contributed by atoms with Crippen LogP contribution < -0.4 is 4.72 Å². The summed E-state index contributed by atoms with van der Waals surface area (Å²) in [6.07, 6.45) is 2.43. The van der Waals surface area contributed by atoms with Crippen LogP contribution in [0.2, 0.25) is 0 Å². The lowest BCUT2D eigenvalue weighted by Gasteiger charge is -2.33. The summed E-state index contributed by atoms with van der Waals surface area (Å²) in [5.41, 5.74) is 2.40. The maximum atomic E-state index is 12.8. The molecule has 8 nitrogen and oxygen atoms in total. The average Bonchev–Trinajstić information content (AvgIpc) is 3.42. The van der Waals surface area contributed by atoms with Gasteiger partial charge in [-0.1, -0.05) is 79.7 Å². The molecule has 1 aliphatic heterocycles. The van der Waals surface area contributed by atoms with Gasteiger partial charge in [-0.3, -0.25) is 4.90 Å². The van der Waals surface area contributed by atoms with Crippen LogP contribution >= 0.6 is 0 Å². The van der Waals surface area contributed by atoms with E-state index in [9.17, 15) is 8.42 Å². The highest BCUT2D eigenvalue weighted by Crippen LogP contribution is 2.47. The molecule has 1 saturated heterocycles. The van der Waals surface area contributed by atoms with Gasteiger partial charge in [0.15, 0.2) is 0 Å². The SMILES string of the molecule is C[C@H]1[C@H](NS(=O)(=O)N2CCN(C/C=C/c3ccccc3)CC2)[C@H]1c1ccccc1.O=C(O)O. The second-order valence-electron chi connectivity index (χ2n) is 8.24. The predicted octanol–water partition coefficient (Wildman–Crippen LogP) is 3.18. The number of piperazine rings is 1. The third-order valence-electron chi connectivity index (χ3n) is 5.99. The molecule has 0 bridgehead atoms. The van der Waals surface area contributed by atoms with Gasteiger partial charge >= 0.3 is 6.16 Å². The van der Waals surface area contributed by atoms with Crippen LogP contribution in [0.25, 0.3) is 6.08 Å². The van der Waals surface area contributed by atoms with Crippen LogP contribution in [0.15, 0.2) is 66.7 Å². The van der Waals surface area contributed by atoms with Crippen LogP contribution in [0.1, 0.15) is 24.0 Å². The summed E-state index contributed by atoms with van der Waals surface area (Å²) in [5, 5.41) is 13.9. The minimum absolute atomic E-state index is 0.00534. The first kappa shape index (κ1) is 24.9. The molecular weight excluding hydrogens is 442 g/mol. The van der Waals surface area contributed by atoms with Gasteiger partial charge in [-0.2, -0.15) is 17.4 Å². The standard InChI is InChI=1S/C23H29N3O2S.CH2O3/c1-19-22(21-12-6-3-7-13-21)23(19)24-29(27,28)26-17-15-25(16-18-26)14-8-11-20-9-4-2-5-10-20;2-1(3)4/h2-13,19,22-24H,14-18H2,1H3;(H2,2,3,4)/b11-8+;/t19-,22-,23+;/m1./s1. The Labute approximate surface area is 195 Å². The fraction of sp³-hybridized carbons (Fsp3) is 0.375. The zero-order valence-electron chi connectivity index (χ0n) is 18.6. The van der Waals surface area contributed by atoms with E-state index in [2.05, 4.69) is 53.0 Å². The van der Waals surface area contributed by atoms with Gasteiger partial charge in [0, 0.05) is 44.7 Å². The zero-order valence-corrected chi connectivity index (χ0v) is 19.4. The maximum Gasteiger partial charge on any atom is 0.503 e. The molecule has 0 amide bonds. The number of benzene rings is 2. The first-order valence-corrected chi connectivity index (χ1v) is 12.4. The second kappa shape index (κ2) is 11.4. The normalized spacial score (nSPS) is 23.6. The van der Waals surface area contributed by atoms with Crippen molar-refractivity contribution in [3.05, 3.63) is 77.9 Å². The summed E-state index contributed by atoms with van der Waals surface area (Å²) < 4.78 is 30.2. The molecule has 178 valence electrons. The van der Waals surface area contributed by atoms with Crippen molar-refractivity contribution in [2.45, 2.75) is 18.9 Å². The minimum Gasteiger partial charge on any atom is -0.450 e. The quantitative estimate of drug-likeness (QED) is 0.570. The largest absolute Gasteiger partial charge is 0.503 e. The number of nitrogens with one attached hydrogen (secondary N) is 1. The molecule has 0 spiro atoms. The zero-order chi connectivity index (χ0) is 23.8. The van der Waals surface area contributed by atoms with Crippen LogP contribution in [0, 0.1) is 5.92 Å². The molecule has 1 heterocycles. The van der Waals surface area contributed by atoms with Gasteiger partial charge in [0.05, 0.1) is 0 Å². The highest BCUT2D eigenvalue weighted by atomic mass is 32.2. The molecule has 33 heavy (non-hydrogen) atoms. The number of hydrogen-bond acceptors (Lipinski definition) is 4. The third-order valence-corrected chi connectivity index (χ3v) is 7.61. The molecule has 2 aliphatic rings. The molecule has 2 aromatic carbocycles. The molecule has 2 fully saturated rings. The fourth-order valence-corrected chi connectivity index (χ4v) is 5.63. The lowest BCUT2D eigenvalue weighted by Crippen LogP contribution is -2.52. The summed E-state index contributed by atoms with van der Waals surface area (Å²) in [6, 6.07) is 20.4. The van der Waals surface area contributed by atoms with Crippen molar-refractivity contribution in [1.82, 2.24) is 13.9 Å². The Balaban J connectivity index is 0.000000709. The van der Waals surface area contributed by atoms with Gasteiger partial charge in [0.2, 0.25) is 0 Å². The molecule has 1 aliphatic carbocycles. The number of hydrogen-bond donors (Lipinski definition) is 3. The van der Waals surface area contributed by atoms with Gasteiger partial charge in [0.1, 0.15) is 0 Å². The second-order valence-corrected chi connectivity index (χ2v) is 9.94. The molecule has 2 aromatic rings. The lowest BCUT2D eigenvalue weighted by atomic mass is 10.1. The van der Waals surface area contributed by atoms with E-state index >= 15 is 0 Å². The highest BCUT2D eigenvalue weighted by Gasteiger charge is 2.50. The van der Waals surface area contributed by atoms with Crippen molar-refractivity contribution in [1.29, 1.82) is 0 Å². The van der Waals surface area contributed by atoms with Crippen molar-refractivity contribution in [2.75, 3.05) is 32.7 Å². The van der Waals surface area contributed by atoms with Gasteiger partial charge in [0.25, 0.3) is 10.2 Å². The van der Waals surface area contributed by atoms with Crippen molar-refractivity contribution in [3.8, 4) is 0 Å². The van der Waals surface area contributed by atoms with Gasteiger partial charge in [-0.15, -0.1) is 0 Å². The number of carbonyl (C=O) groups is 1. The lowest BCUT2D eigenvalue weighted by molar-refractivity contribution is 0.137. The smallest absolute Gasteiger partial charge is 0.450 e. The summed E-state index contributed by atoms with van der Waals surface area (Å²) >= 11 is 0. The molecule has 3 atom stereocenters. The van der Waals surface area contributed by atoms with Crippen molar-refractivity contribution >= 4 is 22.4 Å². The van der Waals surface area contributed by atoms with E-state index < -0.39 is 16.4 Å². The van der Waals surface area contributed by atoms with E-state index in [1.807, 2.05) is 36.4 Å². The van der Waals surface area contributed by atoms with E-state index in [0.717, 1.165) is 19.6 Å². The molecule has 0 unspecified atom stereocenters. The van der Waals surface area contributed by atoms with E-state index in [0.29, 0.717) is 19.0 Å². The number of nitrogens with zero attached hydrogens (tertiary/aromatic N) is 2.